The summed E-state index contributed by atoms with van der Waals surface area (Å²) in [5, 5.41) is 12.4. The number of amides is 1. The van der Waals surface area contributed by atoms with Gasteiger partial charge in [0.25, 0.3) is 0 Å². The lowest BCUT2D eigenvalue weighted by Gasteiger charge is -2.20. The first-order valence-corrected chi connectivity index (χ1v) is 10.2. The number of benzene rings is 1. The molecule has 0 bridgehead atoms. The van der Waals surface area contributed by atoms with Gasteiger partial charge in [0.2, 0.25) is 5.91 Å². The van der Waals surface area contributed by atoms with Gasteiger partial charge in [0, 0.05) is 11.7 Å². The first-order valence-electron chi connectivity index (χ1n) is 9.25. The molecule has 1 aliphatic carbocycles. The Balaban J connectivity index is 1.79. The molecule has 0 spiro atoms. The molecular weight excluding hydrogens is 365 g/mol. The zero-order valence-electron chi connectivity index (χ0n) is 16.0. The molecule has 0 aliphatic heterocycles. The molecule has 1 aliphatic rings. The Bertz CT molecular complexity index is 771. The quantitative estimate of drug-likeness (QED) is 0.735. The third-order valence-electron chi connectivity index (χ3n) is 4.94. The Labute approximate surface area is 163 Å². The van der Waals surface area contributed by atoms with Crippen molar-refractivity contribution in [2.75, 3.05) is 19.8 Å². The lowest BCUT2D eigenvalue weighted by Crippen LogP contribution is -2.33. The summed E-state index contributed by atoms with van der Waals surface area (Å²) < 4.78 is 15.3. The summed E-state index contributed by atoms with van der Waals surface area (Å²) in [6.45, 7) is 2.03. The third kappa shape index (κ3) is 4.87. The van der Waals surface area contributed by atoms with Crippen molar-refractivity contribution in [3.8, 4) is 5.69 Å². The maximum atomic E-state index is 13.4. The van der Waals surface area contributed by atoms with Crippen LogP contribution in [0.3, 0.4) is 0 Å². The van der Waals surface area contributed by atoms with E-state index < -0.39 is 0 Å². The van der Waals surface area contributed by atoms with E-state index in [-0.39, 0.29) is 23.5 Å². The van der Waals surface area contributed by atoms with Crippen LogP contribution in [-0.2, 0) is 4.79 Å². The van der Waals surface area contributed by atoms with E-state index in [2.05, 4.69) is 15.5 Å². The van der Waals surface area contributed by atoms with Gasteiger partial charge >= 0.3 is 0 Å². The Morgan fingerprint density at radius 2 is 1.96 bits per heavy atom. The molecule has 0 saturated heterocycles. The van der Waals surface area contributed by atoms with Crippen molar-refractivity contribution in [2.24, 2.45) is 0 Å². The first-order chi connectivity index (χ1) is 13.0. The van der Waals surface area contributed by atoms with Crippen molar-refractivity contribution < 1.29 is 9.18 Å². The summed E-state index contributed by atoms with van der Waals surface area (Å²) in [5.74, 6) is 0.763. The van der Waals surface area contributed by atoms with Crippen LogP contribution in [0.4, 0.5) is 4.39 Å². The number of nitrogens with zero attached hydrogens (tertiary/aromatic N) is 4. The number of carbonyl (C=O) groups is 1. The average molecular weight is 392 g/mol. The molecule has 1 amide bonds. The maximum absolute atomic E-state index is 13.4. The van der Waals surface area contributed by atoms with Crippen LogP contribution >= 0.6 is 11.8 Å². The molecule has 8 heteroatoms. The molecule has 1 aromatic carbocycles. The SMILES string of the molecule is C[C@@H](c1nnc(SCC(=O)NC2CCCC2)n1-c1ccc(F)cc1)N(C)C. The van der Waals surface area contributed by atoms with Crippen LogP contribution in [0, 0.1) is 5.82 Å². The maximum Gasteiger partial charge on any atom is 0.230 e. The van der Waals surface area contributed by atoms with E-state index in [1.54, 1.807) is 12.1 Å². The fourth-order valence-corrected chi connectivity index (χ4v) is 3.95. The standard InChI is InChI=1S/C19H26FN5OS/c1-13(24(2)3)18-22-23-19(25(18)16-10-8-14(20)9-11-16)27-12-17(26)21-15-6-4-5-7-15/h8-11,13,15H,4-7,12H2,1-3H3,(H,21,26)/t13-/m0/s1. The van der Waals surface area contributed by atoms with E-state index in [1.807, 2.05) is 30.5 Å². The molecule has 6 nitrogen and oxygen atoms in total. The van der Waals surface area contributed by atoms with Crippen molar-refractivity contribution in [1.82, 2.24) is 25.0 Å². The zero-order chi connectivity index (χ0) is 19.4. The molecule has 0 unspecified atom stereocenters. The Kier molecular flexibility index (Phi) is 6.49. The van der Waals surface area contributed by atoms with Gasteiger partial charge in [-0.3, -0.25) is 14.3 Å². The van der Waals surface area contributed by atoms with E-state index in [9.17, 15) is 9.18 Å². The van der Waals surface area contributed by atoms with E-state index in [0.29, 0.717) is 11.2 Å². The fraction of sp³-hybridized carbons (Fsp3) is 0.526. The summed E-state index contributed by atoms with van der Waals surface area (Å²) in [4.78, 5) is 14.3. The highest BCUT2D eigenvalue weighted by Crippen LogP contribution is 2.27. The van der Waals surface area contributed by atoms with Gasteiger partial charge in [0.15, 0.2) is 11.0 Å². The molecule has 3 rings (SSSR count). The Morgan fingerprint density at radius 3 is 2.59 bits per heavy atom. The number of carbonyl (C=O) groups excluding carboxylic acids is 1. The summed E-state index contributed by atoms with van der Waals surface area (Å²) >= 11 is 1.35. The summed E-state index contributed by atoms with van der Waals surface area (Å²) in [6, 6.07) is 6.56. The molecule has 27 heavy (non-hydrogen) atoms. The smallest absolute Gasteiger partial charge is 0.230 e. The van der Waals surface area contributed by atoms with Crippen LogP contribution in [0.15, 0.2) is 29.4 Å². The van der Waals surface area contributed by atoms with Gasteiger partial charge in [-0.15, -0.1) is 10.2 Å². The zero-order valence-corrected chi connectivity index (χ0v) is 16.8. The molecule has 1 aromatic heterocycles. The minimum atomic E-state index is -0.292. The minimum absolute atomic E-state index is 0.0164. The highest BCUT2D eigenvalue weighted by Gasteiger charge is 2.22. The van der Waals surface area contributed by atoms with Crippen molar-refractivity contribution >= 4 is 17.7 Å². The van der Waals surface area contributed by atoms with Crippen molar-refractivity contribution in [3.05, 3.63) is 35.9 Å². The van der Waals surface area contributed by atoms with Gasteiger partial charge in [0.05, 0.1) is 11.8 Å². The molecule has 0 radical (unpaired) electrons. The van der Waals surface area contributed by atoms with Crippen molar-refractivity contribution in [1.29, 1.82) is 0 Å². The number of thioether (sulfide) groups is 1. The second-order valence-electron chi connectivity index (χ2n) is 7.13. The molecular formula is C19H26FN5OS. The topological polar surface area (TPSA) is 63.1 Å². The predicted molar refractivity (Wildman–Crippen MR) is 105 cm³/mol. The van der Waals surface area contributed by atoms with Crippen LogP contribution in [0.25, 0.3) is 5.69 Å². The number of nitrogens with one attached hydrogen (secondary N) is 1. The molecule has 1 fully saturated rings. The Hall–Kier alpha value is -1.93. The average Bonchev–Trinajstić information content (AvgIpc) is 3.29. The molecule has 1 N–H and O–H groups in total. The number of rotatable bonds is 7. The van der Waals surface area contributed by atoms with E-state index in [0.717, 1.165) is 24.4 Å². The number of aromatic nitrogens is 3. The summed E-state index contributed by atoms with van der Waals surface area (Å²) in [7, 11) is 3.94. The van der Waals surface area contributed by atoms with Gasteiger partial charge in [-0.1, -0.05) is 24.6 Å². The predicted octanol–water partition coefficient (Wildman–Crippen LogP) is 3.18. The molecule has 1 atom stereocenters. The highest BCUT2D eigenvalue weighted by atomic mass is 32.2. The third-order valence-corrected chi connectivity index (χ3v) is 5.87. The number of hydrogen-bond donors (Lipinski definition) is 1. The van der Waals surface area contributed by atoms with Crippen LogP contribution in [0.5, 0.6) is 0 Å². The van der Waals surface area contributed by atoms with Gasteiger partial charge in [-0.25, -0.2) is 4.39 Å². The second-order valence-corrected chi connectivity index (χ2v) is 8.07. The fourth-order valence-electron chi connectivity index (χ4n) is 3.18. The number of hydrogen-bond acceptors (Lipinski definition) is 5. The van der Waals surface area contributed by atoms with E-state index in [4.69, 9.17) is 0 Å². The second kappa shape index (κ2) is 8.84. The van der Waals surface area contributed by atoms with Crippen LogP contribution in [-0.4, -0.2) is 51.5 Å². The van der Waals surface area contributed by atoms with Crippen LogP contribution in [0.2, 0.25) is 0 Å². The van der Waals surface area contributed by atoms with Crippen molar-refractivity contribution in [3.63, 3.8) is 0 Å². The number of halogens is 1. The minimum Gasteiger partial charge on any atom is -0.353 e. The Morgan fingerprint density at radius 1 is 1.30 bits per heavy atom. The van der Waals surface area contributed by atoms with Gasteiger partial charge in [-0.05, 0) is 58.1 Å². The molecule has 2 aromatic rings. The van der Waals surface area contributed by atoms with E-state index in [1.165, 1.54) is 36.7 Å². The molecule has 1 heterocycles. The van der Waals surface area contributed by atoms with Crippen LogP contribution in [0.1, 0.15) is 44.5 Å². The van der Waals surface area contributed by atoms with Gasteiger partial charge < -0.3 is 5.32 Å². The summed E-state index contributed by atoms with van der Waals surface area (Å²) in [5.41, 5.74) is 0.781. The lowest BCUT2D eigenvalue weighted by atomic mass is 10.2. The largest absolute Gasteiger partial charge is 0.353 e. The lowest BCUT2D eigenvalue weighted by molar-refractivity contribution is -0.119. The van der Waals surface area contributed by atoms with E-state index >= 15 is 0 Å². The molecule has 1 saturated carbocycles. The summed E-state index contributed by atoms with van der Waals surface area (Å²) in [6.07, 6.45) is 4.49. The van der Waals surface area contributed by atoms with Crippen molar-refractivity contribution in [2.45, 2.75) is 49.8 Å². The first kappa shape index (κ1) is 19.8. The van der Waals surface area contributed by atoms with Crippen LogP contribution < -0.4 is 5.32 Å². The monoisotopic (exact) mass is 391 g/mol. The van der Waals surface area contributed by atoms with Gasteiger partial charge in [0.1, 0.15) is 5.82 Å². The molecule has 146 valence electrons. The highest BCUT2D eigenvalue weighted by molar-refractivity contribution is 7.99. The van der Waals surface area contributed by atoms with Gasteiger partial charge in [-0.2, -0.15) is 0 Å². The normalized spacial score (nSPS) is 16.0.